The Morgan fingerprint density at radius 2 is 2.11 bits per heavy atom. The van der Waals surface area contributed by atoms with Gasteiger partial charge in [-0.1, -0.05) is 29.8 Å². The largest absolute Gasteiger partial charge is 0.480 e. The van der Waals surface area contributed by atoms with Crippen LogP contribution in [0.15, 0.2) is 35.7 Å². The molecule has 0 saturated heterocycles. The lowest BCUT2D eigenvalue weighted by atomic mass is 10.1. The number of benzene rings is 1. The number of halogens is 1. The fourth-order valence-electron chi connectivity index (χ4n) is 1.79. The maximum absolute atomic E-state index is 10.5. The molecule has 0 bridgehead atoms. The average Bonchev–Trinajstić information content (AvgIpc) is 2.89. The molecule has 0 radical (unpaired) electrons. The molecule has 0 spiro atoms. The van der Waals surface area contributed by atoms with Gasteiger partial charge in [-0.05, 0) is 35.9 Å². The molecule has 0 amide bonds. The fourth-order valence-corrected chi connectivity index (χ4v) is 2.79. The van der Waals surface area contributed by atoms with E-state index < -0.39 is 5.97 Å². The van der Waals surface area contributed by atoms with Crippen molar-refractivity contribution in [1.82, 2.24) is 0 Å². The maximum atomic E-state index is 10.5. The molecular formula is C14H14ClNO2S. The lowest BCUT2D eigenvalue weighted by Crippen LogP contribution is -2.12. The number of thiophene rings is 1. The second kappa shape index (κ2) is 6.59. The van der Waals surface area contributed by atoms with E-state index in [0.717, 1.165) is 18.4 Å². The third-order valence-electron chi connectivity index (χ3n) is 2.73. The lowest BCUT2D eigenvalue weighted by Gasteiger charge is -2.10. The van der Waals surface area contributed by atoms with E-state index in [-0.39, 0.29) is 6.54 Å². The number of nitrogens with one attached hydrogen (secondary N) is 1. The third-order valence-corrected chi connectivity index (χ3v) is 4.11. The van der Waals surface area contributed by atoms with E-state index in [2.05, 4.69) is 16.8 Å². The highest BCUT2D eigenvalue weighted by Crippen LogP contribution is 2.27. The van der Waals surface area contributed by atoms with Gasteiger partial charge in [0.25, 0.3) is 0 Å². The quantitative estimate of drug-likeness (QED) is 0.854. The molecule has 1 heterocycles. The summed E-state index contributed by atoms with van der Waals surface area (Å²) in [4.78, 5) is 11.9. The van der Waals surface area contributed by atoms with Gasteiger partial charge in [-0.25, -0.2) is 0 Å². The summed E-state index contributed by atoms with van der Waals surface area (Å²) in [5.74, 6) is -0.903. The molecule has 0 aliphatic rings. The molecule has 100 valence electrons. The van der Waals surface area contributed by atoms with E-state index in [1.165, 1.54) is 4.88 Å². The first-order chi connectivity index (χ1) is 9.16. The van der Waals surface area contributed by atoms with Crippen LogP contribution < -0.4 is 5.32 Å². The molecule has 2 N–H and O–H groups in total. The van der Waals surface area contributed by atoms with Crippen LogP contribution in [0.2, 0.25) is 5.02 Å². The van der Waals surface area contributed by atoms with Gasteiger partial charge in [0.05, 0.1) is 10.7 Å². The van der Waals surface area contributed by atoms with Gasteiger partial charge in [-0.3, -0.25) is 4.79 Å². The molecule has 2 aromatic rings. The summed E-state index contributed by atoms with van der Waals surface area (Å²) in [5, 5.41) is 14.1. The van der Waals surface area contributed by atoms with E-state index in [1.807, 2.05) is 18.2 Å². The number of hydrogen-bond acceptors (Lipinski definition) is 3. The molecule has 3 nitrogen and oxygen atoms in total. The number of rotatable bonds is 6. The molecule has 0 atom stereocenters. The summed E-state index contributed by atoms with van der Waals surface area (Å²) < 4.78 is 0. The van der Waals surface area contributed by atoms with Crippen molar-refractivity contribution in [1.29, 1.82) is 0 Å². The van der Waals surface area contributed by atoms with Crippen molar-refractivity contribution in [2.75, 3.05) is 11.9 Å². The summed E-state index contributed by atoms with van der Waals surface area (Å²) in [7, 11) is 0. The monoisotopic (exact) mass is 295 g/mol. The summed E-state index contributed by atoms with van der Waals surface area (Å²) in [6.45, 7) is -0.131. The van der Waals surface area contributed by atoms with Crippen LogP contribution in [0.5, 0.6) is 0 Å². The zero-order chi connectivity index (χ0) is 13.7. The van der Waals surface area contributed by atoms with Gasteiger partial charge >= 0.3 is 5.97 Å². The minimum absolute atomic E-state index is 0.131. The van der Waals surface area contributed by atoms with Crippen molar-refractivity contribution in [2.24, 2.45) is 0 Å². The number of carboxylic acids is 1. The SMILES string of the molecule is O=C(O)CNc1cccc(CCc2cccs2)c1Cl. The highest BCUT2D eigenvalue weighted by molar-refractivity contribution is 7.09. The van der Waals surface area contributed by atoms with Gasteiger partial charge in [-0.15, -0.1) is 11.3 Å². The van der Waals surface area contributed by atoms with Crippen LogP contribution in [0.25, 0.3) is 0 Å². The number of carbonyl (C=O) groups is 1. The van der Waals surface area contributed by atoms with Crippen molar-refractivity contribution in [3.05, 3.63) is 51.2 Å². The first kappa shape index (κ1) is 13.9. The first-order valence-corrected chi connectivity index (χ1v) is 7.18. The van der Waals surface area contributed by atoms with Crippen molar-refractivity contribution < 1.29 is 9.90 Å². The Morgan fingerprint density at radius 1 is 1.26 bits per heavy atom. The molecule has 0 saturated carbocycles. The second-order valence-electron chi connectivity index (χ2n) is 4.11. The van der Waals surface area contributed by atoms with E-state index in [1.54, 1.807) is 17.4 Å². The van der Waals surface area contributed by atoms with E-state index in [0.29, 0.717) is 10.7 Å². The molecular weight excluding hydrogens is 282 g/mol. The van der Waals surface area contributed by atoms with Crippen LogP contribution in [-0.4, -0.2) is 17.6 Å². The Hall–Kier alpha value is -1.52. The predicted molar refractivity (Wildman–Crippen MR) is 79.3 cm³/mol. The number of hydrogen-bond donors (Lipinski definition) is 2. The van der Waals surface area contributed by atoms with Crippen molar-refractivity contribution in [2.45, 2.75) is 12.8 Å². The van der Waals surface area contributed by atoms with Crippen LogP contribution in [-0.2, 0) is 17.6 Å². The summed E-state index contributed by atoms with van der Waals surface area (Å²) in [5.41, 5.74) is 1.71. The Kier molecular flexibility index (Phi) is 4.82. The number of carboxylic acid groups (broad SMARTS) is 1. The Labute approximate surface area is 120 Å². The van der Waals surface area contributed by atoms with Crippen LogP contribution in [0.4, 0.5) is 5.69 Å². The Balaban J connectivity index is 2.04. The van der Waals surface area contributed by atoms with Crippen LogP contribution >= 0.6 is 22.9 Å². The smallest absolute Gasteiger partial charge is 0.322 e. The Morgan fingerprint density at radius 3 is 2.79 bits per heavy atom. The van der Waals surface area contributed by atoms with Gasteiger partial charge in [-0.2, -0.15) is 0 Å². The van der Waals surface area contributed by atoms with Gasteiger partial charge in [0.1, 0.15) is 6.54 Å². The van der Waals surface area contributed by atoms with E-state index in [4.69, 9.17) is 16.7 Å². The number of anilines is 1. The first-order valence-electron chi connectivity index (χ1n) is 5.92. The number of aliphatic carboxylic acids is 1. The van der Waals surface area contributed by atoms with Crippen molar-refractivity contribution in [3.63, 3.8) is 0 Å². The summed E-state index contributed by atoms with van der Waals surface area (Å²) >= 11 is 8.01. The molecule has 5 heteroatoms. The summed E-state index contributed by atoms with van der Waals surface area (Å²) in [6.07, 6.45) is 1.79. The molecule has 2 rings (SSSR count). The van der Waals surface area contributed by atoms with Gasteiger partial charge in [0.2, 0.25) is 0 Å². The highest BCUT2D eigenvalue weighted by Gasteiger charge is 2.07. The van der Waals surface area contributed by atoms with Crippen molar-refractivity contribution in [3.8, 4) is 0 Å². The molecule has 1 aromatic heterocycles. The average molecular weight is 296 g/mol. The summed E-state index contributed by atoms with van der Waals surface area (Å²) in [6, 6.07) is 9.79. The lowest BCUT2D eigenvalue weighted by molar-refractivity contribution is -0.134. The molecule has 0 unspecified atom stereocenters. The minimum atomic E-state index is -0.903. The topological polar surface area (TPSA) is 49.3 Å². The van der Waals surface area contributed by atoms with E-state index >= 15 is 0 Å². The standard InChI is InChI=1S/C14H14ClNO2S/c15-14-10(6-7-11-4-2-8-19-11)3-1-5-12(14)16-9-13(17)18/h1-5,8,16H,6-7,9H2,(H,17,18). The Bertz CT molecular complexity index is 555. The maximum Gasteiger partial charge on any atom is 0.322 e. The molecule has 0 fully saturated rings. The van der Waals surface area contributed by atoms with Crippen LogP contribution in [0.3, 0.4) is 0 Å². The number of aryl methyl sites for hydroxylation is 2. The zero-order valence-corrected chi connectivity index (χ0v) is 11.8. The van der Waals surface area contributed by atoms with Gasteiger partial charge in [0, 0.05) is 4.88 Å². The minimum Gasteiger partial charge on any atom is -0.480 e. The third kappa shape index (κ3) is 3.98. The molecule has 0 aliphatic heterocycles. The van der Waals surface area contributed by atoms with Crippen LogP contribution in [0.1, 0.15) is 10.4 Å². The normalized spacial score (nSPS) is 10.4. The molecule has 0 aliphatic carbocycles. The van der Waals surface area contributed by atoms with E-state index in [9.17, 15) is 4.79 Å². The molecule has 1 aromatic carbocycles. The zero-order valence-electron chi connectivity index (χ0n) is 10.2. The van der Waals surface area contributed by atoms with Gasteiger partial charge < -0.3 is 10.4 Å². The fraction of sp³-hybridized carbons (Fsp3) is 0.214. The van der Waals surface area contributed by atoms with Crippen LogP contribution in [0, 0.1) is 0 Å². The molecule has 19 heavy (non-hydrogen) atoms. The highest BCUT2D eigenvalue weighted by atomic mass is 35.5. The second-order valence-corrected chi connectivity index (χ2v) is 5.52. The predicted octanol–water partition coefficient (Wildman–Crippen LogP) is 3.68. The van der Waals surface area contributed by atoms with Gasteiger partial charge in [0.15, 0.2) is 0 Å². The van der Waals surface area contributed by atoms with Crippen molar-refractivity contribution >= 4 is 34.6 Å².